The molecule has 0 aliphatic heterocycles. The van der Waals surface area contributed by atoms with E-state index in [1.165, 1.54) is 23.1 Å². The summed E-state index contributed by atoms with van der Waals surface area (Å²) in [6.45, 7) is 11.7. The topological polar surface area (TPSA) is 64.0 Å². The predicted molar refractivity (Wildman–Crippen MR) is 119 cm³/mol. The summed E-state index contributed by atoms with van der Waals surface area (Å²) in [6, 6.07) is 7.66. The summed E-state index contributed by atoms with van der Waals surface area (Å²) in [6.07, 6.45) is 0. The monoisotopic (exact) mass is 415 g/mol. The van der Waals surface area contributed by atoms with Crippen molar-refractivity contribution in [2.45, 2.75) is 58.0 Å². The van der Waals surface area contributed by atoms with Crippen LogP contribution in [0, 0.1) is 20.8 Å². The summed E-state index contributed by atoms with van der Waals surface area (Å²) in [5, 5.41) is 3.83. The van der Waals surface area contributed by atoms with Crippen molar-refractivity contribution in [3.05, 3.63) is 50.6 Å². The van der Waals surface area contributed by atoms with E-state index in [4.69, 9.17) is 4.98 Å². The molecular formula is C21H25N3O2S2. The second kappa shape index (κ2) is 8.09. The number of aromatic nitrogens is 2. The summed E-state index contributed by atoms with van der Waals surface area (Å²) < 4.78 is 1.70. The molecule has 2 aromatic heterocycles. The molecule has 0 saturated carbocycles. The van der Waals surface area contributed by atoms with Crippen LogP contribution in [0.4, 0.5) is 5.69 Å². The molecule has 5 nitrogen and oxygen atoms in total. The normalized spacial score (nSPS) is 12.5. The Morgan fingerprint density at radius 3 is 2.57 bits per heavy atom. The van der Waals surface area contributed by atoms with Crippen molar-refractivity contribution < 1.29 is 4.79 Å². The average Bonchev–Trinajstić information content (AvgIpc) is 2.88. The van der Waals surface area contributed by atoms with Crippen molar-refractivity contribution in [2.75, 3.05) is 5.32 Å². The molecule has 28 heavy (non-hydrogen) atoms. The third-order valence-corrected chi connectivity index (χ3v) is 6.82. The molecule has 1 atom stereocenters. The van der Waals surface area contributed by atoms with Gasteiger partial charge in [-0.2, -0.15) is 0 Å². The van der Waals surface area contributed by atoms with Gasteiger partial charge in [0.05, 0.1) is 10.6 Å². The maximum Gasteiger partial charge on any atom is 0.263 e. The molecule has 148 valence electrons. The molecular weight excluding hydrogens is 390 g/mol. The second-order valence-electron chi connectivity index (χ2n) is 7.25. The van der Waals surface area contributed by atoms with Crippen LogP contribution in [0.25, 0.3) is 10.2 Å². The number of rotatable bonds is 5. The Morgan fingerprint density at radius 1 is 1.21 bits per heavy atom. The van der Waals surface area contributed by atoms with Crippen LogP contribution in [-0.4, -0.2) is 20.7 Å². The first-order valence-electron chi connectivity index (χ1n) is 9.25. The zero-order chi connectivity index (χ0) is 20.6. The standard InChI is InChI=1S/C21H25N3O2S2/c1-11(2)24-20(26)17-13(4)14(5)27-19(17)23-21(24)28-15(6)18(25)22-16-9-7-8-12(3)10-16/h7-11,15H,1-6H3,(H,22,25)/t15-/m1/s1. The van der Waals surface area contributed by atoms with Crippen molar-refractivity contribution in [3.8, 4) is 0 Å². The Hall–Kier alpha value is -2.12. The van der Waals surface area contributed by atoms with Crippen LogP contribution < -0.4 is 10.9 Å². The van der Waals surface area contributed by atoms with E-state index in [0.717, 1.165) is 26.5 Å². The lowest BCUT2D eigenvalue weighted by molar-refractivity contribution is -0.115. The van der Waals surface area contributed by atoms with Crippen LogP contribution in [0.2, 0.25) is 0 Å². The number of aryl methyl sites for hydroxylation is 3. The van der Waals surface area contributed by atoms with Gasteiger partial charge in [-0.15, -0.1) is 11.3 Å². The van der Waals surface area contributed by atoms with Gasteiger partial charge in [0.1, 0.15) is 4.83 Å². The van der Waals surface area contributed by atoms with E-state index >= 15 is 0 Å². The van der Waals surface area contributed by atoms with Crippen molar-refractivity contribution in [1.29, 1.82) is 0 Å². The summed E-state index contributed by atoms with van der Waals surface area (Å²) in [5.74, 6) is -0.112. The molecule has 7 heteroatoms. The maximum atomic E-state index is 13.1. The molecule has 0 saturated heterocycles. The van der Waals surface area contributed by atoms with E-state index < -0.39 is 5.25 Å². The molecule has 1 aromatic carbocycles. The Morgan fingerprint density at radius 2 is 1.93 bits per heavy atom. The second-order valence-corrected chi connectivity index (χ2v) is 9.76. The number of benzene rings is 1. The van der Waals surface area contributed by atoms with Crippen LogP contribution in [0.3, 0.4) is 0 Å². The highest BCUT2D eigenvalue weighted by atomic mass is 32.2. The third-order valence-electron chi connectivity index (χ3n) is 4.66. The van der Waals surface area contributed by atoms with Gasteiger partial charge in [0.25, 0.3) is 5.56 Å². The highest BCUT2D eigenvalue weighted by molar-refractivity contribution is 8.00. The van der Waals surface area contributed by atoms with Crippen LogP contribution in [0.15, 0.2) is 34.2 Å². The zero-order valence-electron chi connectivity index (χ0n) is 17.0. The first-order chi connectivity index (χ1) is 13.2. The molecule has 0 bridgehead atoms. The van der Waals surface area contributed by atoms with Crippen LogP contribution >= 0.6 is 23.1 Å². The van der Waals surface area contributed by atoms with Gasteiger partial charge >= 0.3 is 0 Å². The molecule has 0 unspecified atom stereocenters. The van der Waals surface area contributed by atoms with Gasteiger partial charge in [0.15, 0.2) is 5.16 Å². The molecule has 0 fully saturated rings. The predicted octanol–water partition coefficient (Wildman–Crippen LogP) is 5.08. The van der Waals surface area contributed by atoms with Crippen LogP contribution in [0.5, 0.6) is 0 Å². The quantitative estimate of drug-likeness (QED) is 0.466. The maximum absolute atomic E-state index is 13.1. The summed E-state index contributed by atoms with van der Waals surface area (Å²) in [7, 11) is 0. The number of fused-ring (bicyclic) bond motifs is 1. The van der Waals surface area contributed by atoms with Crippen LogP contribution in [-0.2, 0) is 4.79 Å². The minimum atomic E-state index is -0.392. The van der Waals surface area contributed by atoms with E-state index in [1.54, 1.807) is 4.57 Å². The number of nitrogens with one attached hydrogen (secondary N) is 1. The van der Waals surface area contributed by atoms with Gasteiger partial charge in [0, 0.05) is 16.6 Å². The van der Waals surface area contributed by atoms with Gasteiger partial charge in [-0.3, -0.25) is 14.2 Å². The minimum Gasteiger partial charge on any atom is -0.325 e. The fraction of sp³-hybridized carbons (Fsp3) is 0.381. The molecule has 1 N–H and O–H groups in total. The average molecular weight is 416 g/mol. The van der Waals surface area contributed by atoms with E-state index in [0.29, 0.717) is 10.5 Å². The number of thioether (sulfide) groups is 1. The highest BCUT2D eigenvalue weighted by Gasteiger charge is 2.22. The Labute approximate surface area is 173 Å². The van der Waals surface area contributed by atoms with E-state index in [-0.39, 0.29) is 17.5 Å². The van der Waals surface area contributed by atoms with Crippen molar-refractivity contribution in [1.82, 2.24) is 9.55 Å². The Bertz CT molecular complexity index is 1100. The first kappa shape index (κ1) is 20.6. The summed E-state index contributed by atoms with van der Waals surface area (Å²) in [4.78, 5) is 32.4. The number of nitrogens with zero attached hydrogens (tertiary/aromatic N) is 2. The molecule has 2 heterocycles. The third kappa shape index (κ3) is 4.00. The molecule has 0 radical (unpaired) electrons. The van der Waals surface area contributed by atoms with Gasteiger partial charge in [-0.1, -0.05) is 23.9 Å². The largest absolute Gasteiger partial charge is 0.325 e. The molecule has 3 aromatic rings. The number of carbonyl (C=O) groups is 1. The van der Waals surface area contributed by atoms with Gasteiger partial charge in [-0.05, 0) is 64.8 Å². The lowest BCUT2D eigenvalue weighted by atomic mass is 10.2. The SMILES string of the molecule is Cc1cccc(NC(=O)[C@@H](C)Sc2nc3sc(C)c(C)c3c(=O)n2C(C)C)c1. The zero-order valence-corrected chi connectivity index (χ0v) is 18.6. The number of thiophene rings is 1. The van der Waals surface area contributed by atoms with E-state index in [2.05, 4.69) is 5.32 Å². The Kier molecular flexibility index (Phi) is 5.95. The van der Waals surface area contributed by atoms with Gasteiger partial charge < -0.3 is 5.32 Å². The summed E-state index contributed by atoms with van der Waals surface area (Å²) >= 11 is 2.85. The fourth-order valence-electron chi connectivity index (χ4n) is 3.00. The first-order valence-corrected chi connectivity index (χ1v) is 10.9. The highest BCUT2D eigenvalue weighted by Crippen LogP contribution is 2.31. The Balaban J connectivity index is 1.93. The number of amides is 1. The summed E-state index contributed by atoms with van der Waals surface area (Å²) in [5.41, 5.74) is 2.82. The number of hydrogen-bond donors (Lipinski definition) is 1. The number of anilines is 1. The molecule has 3 rings (SSSR count). The van der Waals surface area contributed by atoms with Gasteiger partial charge in [0.2, 0.25) is 5.91 Å². The smallest absolute Gasteiger partial charge is 0.263 e. The van der Waals surface area contributed by atoms with Gasteiger partial charge in [-0.25, -0.2) is 4.98 Å². The molecule has 0 spiro atoms. The molecule has 0 aliphatic carbocycles. The van der Waals surface area contributed by atoms with Crippen molar-refractivity contribution >= 4 is 44.9 Å². The number of carbonyl (C=O) groups excluding carboxylic acids is 1. The van der Waals surface area contributed by atoms with Crippen LogP contribution in [0.1, 0.15) is 42.8 Å². The lowest BCUT2D eigenvalue weighted by Crippen LogP contribution is -2.28. The van der Waals surface area contributed by atoms with Crippen molar-refractivity contribution in [2.24, 2.45) is 0 Å². The lowest BCUT2D eigenvalue weighted by Gasteiger charge is -2.18. The number of hydrogen-bond acceptors (Lipinski definition) is 5. The molecule has 0 aliphatic rings. The van der Waals surface area contributed by atoms with E-state index in [9.17, 15) is 9.59 Å². The van der Waals surface area contributed by atoms with Crippen molar-refractivity contribution in [3.63, 3.8) is 0 Å². The fourth-order valence-corrected chi connectivity index (χ4v) is 5.12. The van der Waals surface area contributed by atoms with E-state index in [1.807, 2.05) is 65.8 Å². The molecule has 1 amide bonds. The minimum absolute atomic E-state index is 0.0318.